The fourth-order valence-electron chi connectivity index (χ4n) is 3.84. The van der Waals surface area contributed by atoms with Gasteiger partial charge in [-0.2, -0.15) is 0 Å². The van der Waals surface area contributed by atoms with E-state index in [1.54, 1.807) is 0 Å². The van der Waals surface area contributed by atoms with Crippen LogP contribution in [0.4, 0.5) is 0 Å². The highest BCUT2D eigenvalue weighted by Crippen LogP contribution is 2.58. The van der Waals surface area contributed by atoms with Crippen molar-refractivity contribution in [1.82, 2.24) is 5.32 Å². The van der Waals surface area contributed by atoms with Gasteiger partial charge in [0.05, 0.1) is 0 Å². The molecule has 3 aliphatic carbocycles. The molecule has 1 aromatic carbocycles. The molecule has 0 spiro atoms. The van der Waals surface area contributed by atoms with Crippen LogP contribution in [-0.4, -0.2) is 6.04 Å². The molecule has 1 nitrogen and oxygen atoms in total. The quantitative estimate of drug-likeness (QED) is 0.848. The van der Waals surface area contributed by atoms with Crippen molar-refractivity contribution in [3.63, 3.8) is 0 Å². The van der Waals surface area contributed by atoms with Crippen molar-refractivity contribution < 1.29 is 0 Å². The normalized spacial score (nSPS) is 32.9. The van der Waals surface area contributed by atoms with Crippen LogP contribution >= 0.6 is 0 Å². The molecule has 98 valence electrons. The molecule has 0 radical (unpaired) electrons. The zero-order valence-electron chi connectivity index (χ0n) is 11.9. The van der Waals surface area contributed by atoms with Gasteiger partial charge in [-0.05, 0) is 49.0 Å². The van der Waals surface area contributed by atoms with E-state index in [2.05, 4.69) is 50.4 Å². The van der Waals surface area contributed by atoms with Gasteiger partial charge in [-0.15, -0.1) is 0 Å². The smallest absolute Gasteiger partial charge is 0.0208 e. The molecule has 3 atom stereocenters. The summed E-state index contributed by atoms with van der Waals surface area (Å²) in [6.45, 7) is 8.10. The Morgan fingerprint density at radius 3 is 2.22 bits per heavy atom. The maximum atomic E-state index is 3.76. The molecule has 18 heavy (non-hydrogen) atoms. The summed E-state index contributed by atoms with van der Waals surface area (Å²) in [4.78, 5) is 0. The Morgan fingerprint density at radius 2 is 1.67 bits per heavy atom. The SMILES string of the molecule is Cc1ccc(CN[C@@H]2C[C@@H]3C[C@H](C2)C3(C)C)cc1. The summed E-state index contributed by atoms with van der Waals surface area (Å²) in [5, 5.41) is 3.76. The lowest BCUT2D eigenvalue weighted by atomic mass is 9.48. The first-order chi connectivity index (χ1) is 8.55. The van der Waals surface area contributed by atoms with E-state index in [0.717, 1.165) is 24.4 Å². The fraction of sp³-hybridized carbons (Fsp3) is 0.647. The largest absolute Gasteiger partial charge is 0.310 e. The number of hydrogen-bond acceptors (Lipinski definition) is 1. The van der Waals surface area contributed by atoms with Crippen molar-refractivity contribution in [2.24, 2.45) is 17.3 Å². The lowest BCUT2D eigenvalue weighted by Crippen LogP contribution is -2.55. The predicted octanol–water partition coefficient (Wildman–Crippen LogP) is 3.91. The third-order valence-electron chi connectivity index (χ3n) is 5.53. The third-order valence-corrected chi connectivity index (χ3v) is 5.53. The van der Waals surface area contributed by atoms with E-state index in [1.165, 1.54) is 30.4 Å². The number of benzene rings is 1. The van der Waals surface area contributed by atoms with E-state index in [9.17, 15) is 0 Å². The molecule has 1 aromatic rings. The van der Waals surface area contributed by atoms with Gasteiger partial charge in [0.1, 0.15) is 0 Å². The first kappa shape index (κ1) is 12.2. The third kappa shape index (κ3) is 2.09. The van der Waals surface area contributed by atoms with E-state index in [0.29, 0.717) is 5.41 Å². The molecule has 2 bridgehead atoms. The van der Waals surface area contributed by atoms with E-state index < -0.39 is 0 Å². The topological polar surface area (TPSA) is 12.0 Å². The molecular formula is C17H25N. The first-order valence-corrected chi connectivity index (χ1v) is 7.34. The van der Waals surface area contributed by atoms with Crippen molar-refractivity contribution in [2.75, 3.05) is 0 Å². The summed E-state index contributed by atoms with van der Waals surface area (Å²) in [5.41, 5.74) is 3.39. The predicted molar refractivity (Wildman–Crippen MR) is 76.4 cm³/mol. The molecule has 1 N–H and O–H groups in total. The molecule has 3 fully saturated rings. The standard InChI is InChI=1S/C17H25N/c1-12-4-6-13(7-5-12)11-18-16-9-14-8-15(10-16)17(14,2)3/h4-7,14-16,18H,8-11H2,1-3H3/t14-,15+,16+. The summed E-state index contributed by atoms with van der Waals surface area (Å²) in [5.74, 6) is 1.93. The van der Waals surface area contributed by atoms with E-state index >= 15 is 0 Å². The minimum atomic E-state index is 0.627. The number of fused-ring (bicyclic) bond motifs is 2. The van der Waals surface area contributed by atoms with Crippen molar-refractivity contribution >= 4 is 0 Å². The lowest BCUT2D eigenvalue weighted by Gasteiger charge is -2.59. The van der Waals surface area contributed by atoms with Crippen LogP contribution in [0.2, 0.25) is 0 Å². The molecule has 0 saturated heterocycles. The second kappa shape index (κ2) is 4.38. The second-order valence-electron chi connectivity index (χ2n) is 6.99. The van der Waals surface area contributed by atoms with E-state index in [1.807, 2.05) is 0 Å². The fourth-order valence-corrected chi connectivity index (χ4v) is 3.84. The Balaban J connectivity index is 1.52. The Kier molecular flexibility index (Phi) is 2.97. The van der Waals surface area contributed by atoms with Crippen LogP contribution in [-0.2, 0) is 6.54 Å². The van der Waals surface area contributed by atoms with Crippen molar-refractivity contribution in [3.05, 3.63) is 35.4 Å². The Bertz CT molecular complexity index is 404. The van der Waals surface area contributed by atoms with E-state index in [4.69, 9.17) is 0 Å². The van der Waals surface area contributed by atoms with Crippen molar-refractivity contribution in [2.45, 2.75) is 52.6 Å². The van der Waals surface area contributed by atoms with Gasteiger partial charge in [0.25, 0.3) is 0 Å². The van der Waals surface area contributed by atoms with Gasteiger partial charge in [-0.1, -0.05) is 43.7 Å². The highest BCUT2D eigenvalue weighted by atomic mass is 14.9. The van der Waals surface area contributed by atoms with Gasteiger partial charge < -0.3 is 5.32 Å². The molecule has 0 aromatic heterocycles. The molecular weight excluding hydrogens is 218 g/mol. The van der Waals surface area contributed by atoms with Crippen LogP contribution in [0, 0.1) is 24.2 Å². The van der Waals surface area contributed by atoms with Crippen molar-refractivity contribution in [3.8, 4) is 0 Å². The summed E-state index contributed by atoms with van der Waals surface area (Å²) < 4.78 is 0. The van der Waals surface area contributed by atoms with Crippen LogP contribution in [0.15, 0.2) is 24.3 Å². The van der Waals surface area contributed by atoms with Crippen LogP contribution in [0.1, 0.15) is 44.2 Å². The highest BCUT2D eigenvalue weighted by Gasteiger charge is 2.52. The molecule has 0 unspecified atom stereocenters. The molecule has 1 heteroatoms. The first-order valence-electron chi connectivity index (χ1n) is 7.34. The number of nitrogens with one attached hydrogen (secondary N) is 1. The number of rotatable bonds is 3. The average Bonchev–Trinajstić information content (AvgIpc) is 2.38. The maximum absolute atomic E-state index is 3.76. The minimum Gasteiger partial charge on any atom is -0.310 e. The Morgan fingerprint density at radius 1 is 1.06 bits per heavy atom. The van der Waals surface area contributed by atoms with Crippen molar-refractivity contribution in [1.29, 1.82) is 0 Å². The monoisotopic (exact) mass is 243 g/mol. The van der Waals surface area contributed by atoms with Crippen LogP contribution in [0.25, 0.3) is 0 Å². The Labute approximate surface area is 111 Å². The van der Waals surface area contributed by atoms with Crippen LogP contribution in [0.3, 0.4) is 0 Å². The molecule has 4 rings (SSSR count). The van der Waals surface area contributed by atoms with Gasteiger partial charge in [0.15, 0.2) is 0 Å². The minimum absolute atomic E-state index is 0.627. The number of hydrogen-bond donors (Lipinski definition) is 1. The summed E-state index contributed by atoms with van der Waals surface area (Å²) in [6, 6.07) is 9.66. The number of aryl methyl sites for hydroxylation is 1. The summed E-state index contributed by atoms with van der Waals surface area (Å²) >= 11 is 0. The van der Waals surface area contributed by atoms with Gasteiger partial charge in [-0.3, -0.25) is 0 Å². The second-order valence-corrected chi connectivity index (χ2v) is 6.99. The zero-order valence-corrected chi connectivity index (χ0v) is 11.9. The maximum Gasteiger partial charge on any atom is 0.0208 e. The van der Waals surface area contributed by atoms with E-state index in [-0.39, 0.29) is 0 Å². The zero-order chi connectivity index (χ0) is 12.8. The van der Waals surface area contributed by atoms with Gasteiger partial charge in [0.2, 0.25) is 0 Å². The molecule has 3 saturated carbocycles. The average molecular weight is 243 g/mol. The molecule has 3 aliphatic rings. The summed E-state index contributed by atoms with van der Waals surface area (Å²) in [6.07, 6.45) is 4.25. The lowest BCUT2D eigenvalue weighted by molar-refractivity contribution is -0.0787. The Hall–Kier alpha value is -0.820. The van der Waals surface area contributed by atoms with Gasteiger partial charge in [0, 0.05) is 12.6 Å². The molecule has 0 amide bonds. The van der Waals surface area contributed by atoms with Crippen LogP contribution in [0.5, 0.6) is 0 Å². The van der Waals surface area contributed by atoms with Gasteiger partial charge in [-0.25, -0.2) is 0 Å². The molecule has 0 aliphatic heterocycles. The molecule has 0 heterocycles. The summed E-state index contributed by atoms with van der Waals surface area (Å²) in [7, 11) is 0. The highest BCUT2D eigenvalue weighted by molar-refractivity contribution is 5.21. The van der Waals surface area contributed by atoms with Gasteiger partial charge >= 0.3 is 0 Å². The van der Waals surface area contributed by atoms with Crippen LogP contribution < -0.4 is 5.32 Å².